The lowest BCUT2D eigenvalue weighted by atomic mass is 10.0. The zero-order chi connectivity index (χ0) is 16.1. The Hall–Kier alpha value is -2.27. The molecule has 0 saturated heterocycles. The molecule has 0 spiro atoms. The summed E-state index contributed by atoms with van der Waals surface area (Å²) in [6.45, 7) is 4.15. The molecule has 5 nitrogen and oxygen atoms in total. The number of nitrogens with one attached hydrogen (secondary N) is 1. The zero-order valence-electron chi connectivity index (χ0n) is 13.5. The lowest BCUT2D eigenvalue weighted by Gasteiger charge is -2.22. The van der Waals surface area contributed by atoms with Crippen LogP contribution in [0.25, 0.3) is 0 Å². The Kier molecular flexibility index (Phi) is 4.98. The normalized spacial score (nSPS) is 14.3. The van der Waals surface area contributed by atoms with Crippen LogP contribution in [0, 0.1) is 0 Å². The molecule has 1 aromatic heterocycles. The molecule has 0 fully saturated rings. The molecule has 0 aliphatic carbocycles. The number of rotatable bonds is 6. The van der Waals surface area contributed by atoms with Gasteiger partial charge >= 0.3 is 0 Å². The van der Waals surface area contributed by atoms with E-state index in [-0.39, 0.29) is 6.04 Å². The minimum atomic E-state index is 0.255. The number of hydrogen-bond donors (Lipinski definition) is 1. The summed E-state index contributed by atoms with van der Waals surface area (Å²) in [5.74, 6) is 2.30. The SMILES string of the molecule is CCC(NCc1ccnc(OC)c1)c1ccc2c(c1)OCCO2. The van der Waals surface area contributed by atoms with E-state index in [1.54, 1.807) is 13.3 Å². The molecule has 1 aromatic carbocycles. The average molecular weight is 314 g/mol. The van der Waals surface area contributed by atoms with Gasteiger partial charge in [-0.05, 0) is 35.7 Å². The molecule has 1 aliphatic rings. The summed E-state index contributed by atoms with van der Waals surface area (Å²) in [5, 5.41) is 3.58. The summed E-state index contributed by atoms with van der Waals surface area (Å²) in [6.07, 6.45) is 2.75. The second kappa shape index (κ2) is 7.33. The lowest BCUT2D eigenvalue weighted by Crippen LogP contribution is -2.21. The van der Waals surface area contributed by atoms with Crippen LogP contribution in [0.15, 0.2) is 36.5 Å². The van der Waals surface area contributed by atoms with Crippen LogP contribution in [0.5, 0.6) is 17.4 Å². The Bertz CT molecular complexity index is 660. The Morgan fingerprint density at radius 2 is 2.00 bits per heavy atom. The molecular weight excluding hydrogens is 292 g/mol. The topological polar surface area (TPSA) is 52.6 Å². The number of hydrogen-bond acceptors (Lipinski definition) is 5. The number of methoxy groups -OCH3 is 1. The fraction of sp³-hybridized carbons (Fsp3) is 0.389. The Labute approximate surface area is 136 Å². The van der Waals surface area contributed by atoms with E-state index in [0.29, 0.717) is 19.1 Å². The minimum absolute atomic E-state index is 0.255. The van der Waals surface area contributed by atoms with Crippen LogP contribution >= 0.6 is 0 Å². The van der Waals surface area contributed by atoms with E-state index >= 15 is 0 Å². The average Bonchev–Trinajstić information content (AvgIpc) is 2.62. The second-order valence-electron chi connectivity index (χ2n) is 5.45. The van der Waals surface area contributed by atoms with Crippen LogP contribution < -0.4 is 19.5 Å². The van der Waals surface area contributed by atoms with Gasteiger partial charge in [-0.3, -0.25) is 0 Å². The predicted octanol–water partition coefficient (Wildman–Crippen LogP) is 3.10. The molecule has 0 saturated carbocycles. The molecule has 2 heterocycles. The van der Waals surface area contributed by atoms with Crippen molar-refractivity contribution in [1.29, 1.82) is 0 Å². The number of ether oxygens (including phenoxy) is 3. The van der Waals surface area contributed by atoms with Crippen molar-refractivity contribution in [1.82, 2.24) is 10.3 Å². The van der Waals surface area contributed by atoms with Gasteiger partial charge in [-0.25, -0.2) is 4.98 Å². The van der Waals surface area contributed by atoms with Crippen LogP contribution in [0.4, 0.5) is 0 Å². The molecule has 122 valence electrons. The maximum Gasteiger partial charge on any atom is 0.213 e. The van der Waals surface area contributed by atoms with E-state index in [0.717, 1.165) is 30.0 Å². The zero-order valence-corrected chi connectivity index (χ0v) is 13.5. The lowest BCUT2D eigenvalue weighted by molar-refractivity contribution is 0.171. The van der Waals surface area contributed by atoms with Crippen molar-refractivity contribution in [2.45, 2.75) is 25.9 Å². The smallest absolute Gasteiger partial charge is 0.213 e. The van der Waals surface area contributed by atoms with Gasteiger partial charge in [-0.2, -0.15) is 0 Å². The van der Waals surface area contributed by atoms with Crippen molar-refractivity contribution in [3.05, 3.63) is 47.7 Å². The third-order valence-electron chi connectivity index (χ3n) is 3.94. The highest BCUT2D eigenvalue weighted by Gasteiger charge is 2.15. The molecule has 1 aliphatic heterocycles. The fourth-order valence-corrected chi connectivity index (χ4v) is 2.69. The van der Waals surface area contributed by atoms with E-state index in [4.69, 9.17) is 14.2 Å². The number of pyridine rings is 1. The van der Waals surface area contributed by atoms with Gasteiger partial charge in [-0.1, -0.05) is 13.0 Å². The van der Waals surface area contributed by atoms with E-state index in [1.165, 1.54) is 5.56 Å². The molecule has 2 aromatic rings. The van der Waals surface area contributed by atoms with Crippen LogP contribution in [0.3, 0.4) is 0 Å². The molecule has 23 heavy (non-hydrogen) atoms. The third-order valence-corrected chi connectivity index (χ3v) is 3.94. The highest BCUT2D eigenvalue weighted by Crippen LogP contribution is 2.33. The Morgan fingerprint density at radius 1 is 1.17 bits per heavy atom. The molecule has 0 amide bonds. The third kappa shape index (κ3) is 3.74. The maximum absolute atomic E-state index is 5.67. The van der Waals surface area contributed by atoms with E-state index < -0.39 is 0 Å². The van der Waals surface area contributed by atoms with Crippen molar-refractivity contribution in [3.8, 4) is 17.4 Å². The van der Waals surface area contributed by atoms with E-state index in [2.05, 4.69) is 29.4 Å². The van der Waals surface area contributed by atoms with Crippen molar-refractivity contribution in [2.75, 3.05) is 20.3 Å². The first kappa shape index (κ1) is 15.6. The summed E-state index contributed by atoms with van der Waals surface area (Å²) in [7, 11) is 1.63. The molecule has 1 atom stereocenters. The van der Waals surface area contributed by atoms with Gasteiger partial charge in [0.2, 0.25) is 5.88 Å². The maximum atomic E-state index is 5.67. The van der Waals surface area contributed by atoms with Crippen molar-refractivity contribution < 1.29 is 14.2 Å². The van der Waals surface area contributed by atoms with E-state index in [1.807, 2.05) is 18.2 Å². The van der Waals surface area contributed by atoms with Gasteiger partial charge in [0.05, 0.1) is 7.11 Å². The van der Waals surface area contributed by atoms with Gasteiger partial charge in [-0.15, -0.1) is 0 Å². The van der Waals surface area contributed by atoms with Crippen molar-refractivity contribution in [3.63, 3.8) is 0 Å². The number of benzene rings is 1. The molecule has 3 rings (SSSR count). The first-order valence-corrected chi connectivity index (χ1v) is 7.92. The molecule has 0 radical (unpaired) electrons. The fourth-order valence-electron chi connectivity index (χ4n) is 2.69. The highest BCUT2D eigenvalue weighted by molar-refractivity contribution is 5.44. The molecular formula is C18H22N2O3. The van der Waals surface area contributed by atoms with Crippen LogP contribution in [0.2, 0.25) is 0 Å². The van der Waals surface area contributed by atoms with Gasteiger partial charge in [0.1, 0.15) is 13.2 Å². The van der Waals surface area contributed by atoms with Crippen molar-refractivity contribution >= 4 is 0 Å². The first-order chi connectivity index (χ1) is 11.3. The second-order valence-corrected chi connectivity index (χ2v) is 5.45. The van der Waals surface area contributed by atoms with Crippen LogP contribution in [-0.2, 0) is 6.54 Å². The molecule has 5 heteroatoms. The summed E-state index contributed by atoms with van der Waals surface area (Å²) in [5.41, 5.74) is 2.35. The van der Waals surface area contributed by atoms with E-state index in [9.17, 15) is 0 Å². The van der Waals surface area contributed by atoms with Gasteiger partial charge in [0.25, 0.3) is 0 Å². The highest BCUT2D eigenvalue weighted by atomic mass is 16.6. The first-order valence-electron chi connectivity index (χ1n) is 7.92. The summed E-state index contributed by atoms with van der Waals surface area (Å²) in [4.78, 5) is 4.13. The van der Waals surface area contributed by atoms with Gasteiger partial charge < -0.3 is 19.5 Å². The number of nitrogens with zero attached hydrogens (tertiary/aromatic N) is 1. The summed E-state index contributed by atoms with van der Waals surface area (Å²) < 4.78 is 16.4. The number of aromatic nitrogens is 1. The van der Waals surface area contributed by atoms with Crippen LogP contribution in [-0.4, -0.2) is 25.3 Å². The Balaban J connectivity index is 1.69. The summed E-state index contributed by atoms with van der Waals surface area (Å²) in [6, 6.07) is 10.4. The Morgan fingerprint density at radius 3 is 2.78 bits per heavy atom. The molecule has 0 bridgehead atoms. The molecule has 1 unspecified atom stereocenters. The minimum Gasteiger partial charge on any atom is -0.486 e. The predicted molar refractivity (Wildman–Crippen MR) is 88.1 cm³/mol. The van der Waals surface area contributed by atoms with Crippen molar-refractivity contribution in [2.24, 2.45) is 0 Å². The largest absolute Gasteiger partial charge is 0.486 e. The van der Waals surface area contributed by atoms with Crippen LogP contribution in [0.1, 0.15) is 30.5 Å². The monoisotopic (exact) mass is 314 g/mol. The number of fused-ring (bicyclic) bond motifs is 1. The van der Waals surface area contributed by atoms with Gasteiger partial charge in [0, 0.05) is 24.8 Å². The quantitative estimate of drug-likeness (QED) is 0.888. The summed E-state index contributed by atoms with van der Waals surface area (Å²) >= 11 is 0. The molecule has 1 N–H and O–H groups in total. The standard InChI is InChI=1S/C18H22N2O3/c1-3-15(20-12-13-6-7-19-18(10-13)21-2)14-4-5-16-17(11-14)23-9-8-22-16/h4-7,10-11,15,20H,3,8-9,12H2,1-2H3. The van der Waals surface area contributed by atoms with Gasteiger partial charge in [0.15, 0.2) is 11.5 Å².